The molecule has 202 valence electrons. The molecule has 1 aliphatic heterocycles. The molecule has 4 atom stereocenters. The molecule has 0 spiro atoms. The number of hydrogen-bond acceptors (Lipinski definition) is 7. The van der Waals surface area contributed by atoms with E-state index in [1.54, 1.807) is 18.2 Å². The molecule has 0 radical (unpaired) electrons. The van der Waals surface area contributed by atoms with Gasteiger partial charge in [-0.1, -0.05) is 25.7 Å². The zero-order valence-electron chi connectivity index (χ0n) is 21.4. The van der Waals surface area contributed by atoms with E-state index in [1.807, 2.05) is 4.90 Å². The fraction of sp³-hybridized carbons (Fsp3) is 0.643. The number of nitrogens with one attached hydrogen (secondary N) is 1. The molecule has 37 heavy (non-hydrogen) atoms. The molecule has 1 heterocycles. The molecule has 2 saturated carbocycles. The molecule has 2 amide bonds. The molecule has 1 aromatic carbocycles. The van der Waals surface area contributed by atoms with Crippen LogP contribution in [-0.4, -0.2) is 76.6 Å². The molecular weight excluding hydrogens is 476 g/mol. The van der Waals surface area contributed by atoms with Gasteiger partial charge in [0.15, 0.2) is 11.5 Å². The van der Waals surface area contributed by atoms with Crippen LogP contribution in [0, 0.1) is 5.92 Å². The highest BCUT2D eigenvalue weighted by Crippen LogP contribution is 2.52. The van der Waals surface area contributed by atoms with Gasteiger partial charge in [0.25, 0.3) is 0 Å². The summed E-state index contributed by atoms with van der Waals surface area (Å²) in [5.41, 5.74) is 1.66. The maximum atomic E-state index is 13.7. The number of amides is 2. The van der Waals surface area contributed by atoms with Gasteiger partial charge in [-0.2, -0.15) is 0 Å². The highest BCUT2D eigenvalue weighted by atomic mass is 16.5. The Morgan fingerprint density at radius 1 is 1.11 bits per heavy atom. The van der Waals surface area contributed by atoms with Crippen molar-refractivity contribution in [1.82, 2.24) is 10.2 Å². The lowest BCUT2D eigenvalue weighted by Crippen LogP contribution is -2.58. The number of aliphatic hydroxyl groups is 3. The highest BCUT2D eigenvalue weighted by molar-refractivity contribution is 5.96. The van der Waals surface area contributed by atoms with Crippen LogP contribution < -0.4 is 14.8 Å². The molecular formula is C28H38N2O7. The Bertz CT molecular complexity index is 1050. The molecule has 0 saturated heterocycles. The van der Waals surface area contributed by atoms with Crippen LogP contribution in [-0.2, 0) is 16.2 Å². The van der Waals surface area contributed by atoms with Crippen molar-refractivity contribution < 1.29 is 34.4 Å². The second-order valence-electron chi connectivity index (χ2n) is 10.7. The van der Waals surface area contributed by atoms with E-state index in [2.05, 4.69) is 5.32 Å². The Morgan fingerprint density at radius 2 is 1.84 bits per heavy atom. The van der Waals surface area contributed by atoms with Gasteiger partial charge in [-0.15, -0.1) is 0 Å². The minimum absolute atomic E-state index is 0.00380. The smallest absolute Gasteiger partial charge is 0.247 e. The zero-order chi connectivity index (χ0) is 26.1. The molecule has 9 nitrogen and oxygen atoms in total. The monoisotopic (exact) mass is 514 g/mol. The normalized spacial score (nSPS) is 27.3. The SMILES string of the molecule is COc1cc(CO)cc2c1OC1C2C(C(=O)NCCO)=CC(N(C(=O)C2CC2)C2CCCCCC2)C1O. The van der Waals surface area contributed by atoms with E-state index in [-0.39, 0.29) is 43.5 Å². The second-order valence-corrected chi connectivity index (χ2v) is 10.7. The van der Waals surface area contributed by atoms with Crippen LogP contribution in [0.1, 0.15) is 68.4 Å². The van der Waals surface area contributed by atoms with Crippen molar-refractivity contribution in [3.8, 4) is 11.5 Å². The molecule has 2 fully saturated rings. The zero-order valence-corrected chi connectivity index (χ0v) is 21.4. The maximum Gasteiger partial charge on any atom is 0.247 e. The predicted octanol–water partition coefficient (Wildman–Crippen LogP) is 1.77. The van der Waals surface area contributed by atoms with Crippen LogP contribution >= 0.6 is 0 Å². The first kappa shape index (κ1) is 26.0. The predicted molar refractivity (Wildman–Crippen MR) is 135 cm³/mol. The summed E-state index contributed by atoms with van der Waals surface area (Å²) in [6.45, 7) is -0.335. The third-order valence-electron chi connectivity index (χ3n) is 8.22. The van der Waals surface area contributed by atoms with E-state index < -0.39 is 24.2 Å². The maximum absolute atomic E-state index is 13.7. The first-order valence-corrected chi connectivity index (χ1v) is 13.6. The van der Waals surface area contributed by atoms with Crippen LogP contribution in [0.2, 0.25) is 0 Å². The van der Waals surface area contributed by atoms with E-state index in [0.717, 1.165) is 51.4 Å². The average molecular weight is 515 g/mol. The third kappa shape index (κ3) is 4.96. The summed E-state index contributed by atoms with van der Waals surface area (Å²) >= 11 is 0. The van der Waals surface area contributed by atoms with E-state index >= 15 is 0 Å². The van der Waals surface area contributed by atoms with Crippen LogP contribution in [0.15, 0.2) is 23.8 Å². The molecule has 4 unspecified atom stereocenters. The first-order valence-electron chi connectivity index (χ1n) is 13.6. The number of hydrogen-bond donors (Lipinski definition) is 4. The number of methoxy groups -OCH3 is 1. The van der Waals surface area contributed by atoms with Crippen molar-refractivity contribution in [3.63, 3.8) is 0 Å². The van der Waals surface area contributed by atoms with Gasteiger partial charge in [-0.05, 0) is 49.5 Å². The van der Waals surface area contributed by atoms with Crippen LogP contribution in [0.3, 0.4) is 0 Å². The fourth-order valence-corrected chi connectivity index (χ4v) is 6.24. The van der Waals surface area contributed by atoms with Gasteiger partial charge in [0.1, 0.15) is 12.2 Å². The van der Waals surface area contributed by atoms with Crippen LogP contribution in [0.4, 0.5) is 0 Å². The van der Waals surface area contributed by atoms with Gasteiger partial charge < -0.3 is 35.0 Å². The molecule has 0 aromatic heterocycles. The Hall–Kier alpha value is -2.62. The number of carbonyl (C=O) groups is 2. The quantitative estimate of drug-likeness (QED) is 0.389. The third-order valence-corrected chi connectivity index (χ3v) is 8.22. The molecule has 5 rings (SSSR count). The molecule has 3 aliphatic carbocycles. The average Bonchev–Trinajstić information content (AvgIpc) is 3.73. The van der Waals surface area contributed by atoms with Crippen molar-refractivity contribution >= 4 is 11.8 Å². The van der Waals surface area contributed by atoms with Gasteiger partial charge in [-0.3, -0.25) is 9.59 Å². The minimum Gasteiger partial charge on any atom is -0.493 e. The lowest BCUT2D eigenvalue weighted by atomic mass is 9.76. The Balaban J connectivity index is 1.59. The number of rotatable bonds is 8. The molecule has 1 aromatic rings. The van der Waals surface area contributed by atoms with Crippen molar-refractivity contribution in [2.75, 3.05) is 20.3 Å². The van der Waals surface area contributed by atoms with Gasteiger partial charge in [0, 0.05) is 29.6 Å². The van der Waals surface area contributed by atoms with Gasteiger partial charge in [0.2, 0.25) is 11.8 Å². The lowest BCUT2D eigenvalue weighted by molar-refractivity contribution is -0.142. The molecule has 0 bridgehead atoms. The summed E-state index contributed by atoms with van der Waals surface area (Å²) in [6, 6.07) is 2.76. The summed E-state index contributed by atoms with van der Waals surface area (Å²) < 4.78 is 11.8. The Morgan fingerprint density at radius 3 is 2.46 bits per heavy atom. The lowest BCUT2D eigenvalue weighted by Gasteiger charge is -2.44. The minimum atomic E-state index is -1.06. The summed E-state index contributed by atoms with van der Waals surface area (Å²) in [5.74, 6) is -0.0920. The van der Waals surface area contributed by atoms with Crippen LogP contribution in [0.5, 0.6) is 11.5 Å². The van der Waals surface area contributed by atoms with E-state index in [0.29, 0.717) is 28.2 Å². The van der Waals surface area contributed by atoms with Crippen molar-refractivity contribution in [2.24, 2.45) is 5.92 Å². The number of fused-ring (bicyclic) bond motifs is 3. The van der Waals surface area contributed by atoms with Gasteiger partial charge in [0.05, 0.1) is 32.3 Å². The molecule has 4 aliphatic rings. The summed E-state index contributed by atoms with van der Waals surface area (Å²) in [5, 5.41) is 33.7. The van der Waals surface area contributed by atoms with Crippen molar-refractivity contribution in [3.05, 3.63) is 34.9 Å². The van der Waals surface area contributed by atoms with E-state index in [9.17, 15) is 24.9 Å². The van der Waals surface area contributed by atoms with Gasteiger partial charge in [-0.25, -0.2) is 0 Å². The largest absolute Gasteiger partial charge is 0.493 e. The summed E-state index contributed by atoms with van der Waals surface area (Å²) in [4.78, 5) is 29.0. The number of nitrogens with zero attached hydrogens (tertiary/aromatic N) is 1. The van der Waals surface area contributed by atoms with E-state index in [1.165, 1.54) is 7.11 Å². The second kappa shape index (κ2) is 11.0. The van der Waals surface area contributed by atoms with Crippen LogP contribution in [0.25, 0.3) is 0 Å². The number of ether oxygens (including phenoxy) is 2. The Labute approximate surface area is 217 Å². The fourth-order valence-electron chi connectivity index (χ4n) is 6.24. The Kier molecular flexibility index (Phi) is 7.74. The topological polar surface area (TPSA) is 129 Å². The van der Waals surface area contributed by atoms with E-state index in [4.69, 9.17) is 9.47 Å². The number of aliphatic hydroxyl groups excluding tert-OH is 3. The summed E-state index contributed by atoms with van der Waals surface area (Å²) in [6.07, 6.45) is 7.69. The molecule has 4 N–H and O–H groups in total. The van der Waals surface area contributed by atoms with Crippen molar-refractivity contribution in [2.45, 2.75) is 88.2 Å². The molecule has 9 heteroatoms. The highest BCUT2D eigenvalue weighted by Gasteiger charge is 2.53. The van der Waals surface area contributed by atoms with Gasteiger partial charge >= 0.3 is 0 Å². The summed E-state index contributed by atoms with van der Waals surface area (Å²) in [7, 11) is 1.51. The van der Waals surface area contributed by atoms with Crippen molar-refractivity contribution in [1.29, 1.82) is 0 Å². The first-order chi connectivity index (χ1) is 18.0. The number of benzene rings is 1. The number of carbonyl (C=O) groups excluding carboxylic acids is 2. The standard InChI is InChI=1S/C28H38N2O7/c1-36-22-13-16(15-32)12-19-23-20(27(34)29-10-11-31)14-21(24(33)26(23)37-25(19)22)30(28(35)17-8-9-17)18-6-4-2-3-5-7-18/h12-14,17-18,21,23-24,26,31-33H,2-11,15H2,1H3,(H,29,34).